The van der Waals surface area contributed by atoms with Gasteiger partial charge in [0.05, 0.1) is 0 Å². The lowest BCUT2D eigenvalue weighted by atomic mass is 10.1. The largest absolute Gasteiger partial charge is 0.370 e. The monoisotopic (exact) mass is 221 g/mol. The number of nitrogens with one attached hydrogen (secondary N) is 2. The number of aryl methyl sites for hydroxylation is 1. The summed E-state index contributed by atoms with van der Waals surface area (Å²) in [6, 6.07) is 4.33. The van der Waals surface area contributed by atoms with Crippen molar-refractivity contribution in [1.82, 2.24) is 10.3 Å². The minimum atomic E-state index is 0.920. The van der Waals surface area contributed by atoms with E-state index in [9.17, 15) is 0 Å². The lowest BCUT2D eigenvalue weighted by molar-refractivity contribution is 0.723. The maximum absolute atomic E-state index is 4.58. The van der Waals surface area contributed by atoms with Gasteiger partial charge in [0, 0.05) is 18.8 Å². The summed E-state index contributed by atoms with van der Waals surface area (Å²) in [5.41, 5.74) is 2.50. The Bertz CT molecular complexity index is 286. The van der Waals surface area contributed by atoms with Crippen molar-refractivity contribution in [2.24, 2.45) is 0 Å². The van der Waals surface area contributed by atoms with E-state index in [2.05, 4.69) is 48.5 Å². The van der Waals surface area contributed by atoms with Gasteiger partial charge in [-0.3, -0.25) is 0 Å². The molecule has 1 aromatic rings. The molecule has 0 spiro atoms. The van der Waals surface area contributed by atoms with Crippen LogP contribution in [-0.4, -0.2) is 18.1 Å². The molecule has 1 rings (SSSR count). The molecule has 0 fully saturated rings. The molecule has 2 N–H and O–H groups in total. The zero-order valence-electron chi connectivity index (χ0n) is 10.6. The summed E-state index contributed by atoms with van der Waals surface area (Å²) in [4.78, 5) is 4.58. The molecule has 0 unspecified atom stereocenters. The van der Waals surface area contributed by atoms with Crippen LogP contribution >= 0.6 is 0 Å². The van der Waals surface area contributed by atoms with Gasteiger partial charge in [-0.15, -0.1) is 0 Å². The van der Waals surface area contributed by atoms with E-state index in [0.29, 0.717) is 0 Å². The number of aromatic nitrogens is 1. The molecule has 0 radical (unpaired) electrons. The first-order chi connectivity index (χ1) is 7.80. The van der Waals surface area contributed by atoms with Gasteiger partial charge in [-0.2, -0.15) is 0 Å². The third kappa shape index (κ3) is 4.19. The predicted octanol–water partition coefficient (Wildman–Crippen LogP) is 2.58. The van der Waals surface area contributed by atoms with Crippen molar-refractivity contribution in [3.05, 3.63) is 23.4 Å². The smallest absolute Gasteiger partial charge is 0.126 e. The first kappa shape index (κ1) is 13.0. The van der Waals surface area contributed by atoms with E-state index >= 15 is 0 Å². The third-order valence-electron chi connectivity index (χ3n) is 2.38. The number of pyridine rings is 1. The van der Waals surface area contributed by atoms with Crippen molar-refractivity contribution in [1.29, 1.82) is 0 Å². The van der Waals surface area contributed by atoms with E-state index in [1.165, 1.54) is 11.3 Å². The molecule has 0 aliphatic rings. The van der Waals surface area contributed by atoms with E-state index in [-0.39, 0.29) is 0 Å². The third-order valence-corrected chi connectivity index (χ3v) is 2.38. The Morgan fingerprint density at radius 1 is 1.12 bits per heavy atom. The Balaban J connectivity index is 2.80. The summed E-state index contributed by atoms with van der Waals surface area (Å²) >= 11 is 0. The first-order valence-corrected chi connectivity index (χ1v) is 6.24. The average molecular weight is 221 g/mol. The highest BCUT2D eigenvalue weighted by Crippen LogP contribution is 2.12. The molecule has 1 aromatic heterocycles. The molecule has 0 saturated heterocycles. The lowest BCUT2D eigenvalue weighted by Gasteiger charge is -2.09. The summed E-state index contributed by atoms with van der Waals surface area (Å²) < 4.78 is 0. The van der Waals surface area contributed by atoms with Gasteiger partial charge in [-0.25, -0.2) is 4.98 Å². The zero-order chi connectivity index (χ0) is 11.8. The van der Waals surface area contributed by atoms with Crippen molar-refractivity contribution >= 4 is 5.82 Å². The van der Waals surface area contributed by atoms with E-state index in [1.54, 1.807) is 0 Å². The Labute approximate surface area is 98.7 Å². The molecule has 0 aliphatic carbocycles. The van der Waals surface area contributed by atoms with Gasteiger partial charge in [-0.1, -0.05) is 20.3 Å². The second-order valence-electron chi connectivity index (χ2n) is 3.91. The molecule has 0 aromatic carbocycles. The average Bonchev–Trinajstić information content (AvgIpc) is 2.27. The van der Waals surface area contributed by atoms with Gasteiger partial charge < -0.3 is 10.6 Å². The zero-order valence-corrected chi connectivity index (χ0v) is 10.6. The van der Waals surface area contributed by atoms with Crippen LogP contribution in [-0.2, 0) is 13.0 Å². The Kier molecular flexibility index (Phi) is 5.86. The number of hydrogen-bond donors (Lipinski definition) is 2. The van der Waals surface area contributed by atoms with Crippen LogP contribution in [0.2, 0.25) is 0 Å². The van der Waals surface area contributed by atoms with E-state index in [1.807, 2.05) is 0 Å². The molecule has 1 heterocycles. The molecule has 3 nitrogen and oxygen atoms in total. The molecule has 0 bridgehead atoms. The van der Waals surface area contributed by atoms with Gasteiger partial charge in [-0.05, 0) is 37.6 Å². The maximum atomic E-state index is 4.58. The second-order valence-corrected chi connectivity index (χ2v) is 3.91. The van der Waals surface area contributed by atoms with Crippen LogP contribution in [0.1, 0.15) is 38.4 Å². The highest BCUT2D eigenvalue weighted by molar-refractivity contribution is 5.39. The van der Waals surface area contributed by atoms with Crippen molar-refractivity contribution in [2.45, 2.75) is 40.2 Å². The number of anilines is 1. The van der Waals surface area contributed by atoms with Gasteiger partial charge in [0.15, 0.2) is 0 Å². The molecule has 0 aliphatic heterocycles. The Morgan fingerprint density at radius 2 is 1.94 bits per heavy atom. The minimum Gasteiger partial charge on any atom is -0.370 e. The molecule has 0 saturated carbocycles. The van der Waals surface area contributed by atoms with Crippen LogP contribution in [0.15, 0.2) is 12.1 Å². The van der Waals surface area contributed by atoms with Crippen LogP contribution < -0.4 is 10.6 Å². The Morgan fingerprint density at radius 3 is 2.56 bits per heavy atom. The molecule has 16 heavy (non-hydrogen) atoms. The summed E-state index contributed by atoms with van der Waals surface area (Å²) in [7, 11) is 0. The van der Waals surface area contributed by atoms with E-state index in [4.69, 9.17) is 0 Å². The van der Waals surface area contributed by atoms with E-state index in [0.717, 1.165) is 38.3 Å². The quantitative estimate of drug-likeness (QED) is 0.743. The Hall–Kier alpha value is -1.09. The highest BCUT2D eigenvalue weighted by Gasteiger charge is 2.01. The summed E-state index contributed by atoms with van der Waals surface area (Å²) in [6.45, 7) is 9.25. The lowest BCUT2D eigenvalue weighted by Crippen LogP contribution is -2.13. The normalized spacial score (nSPS) is 10.4. The standard InChI is InChI=1S/C13H23N3/c1-4-7-12-8-11(10-14-5-2)9-13(16-12)15-6-3/h8-9,14H,4-7,10H2,1-3H3,(H,15,16). The molecule has 0 atom stereocenters. The van der Waals surface area contributed by atoms with Crippen molar-refractivity contribution < 1.29 is 0 Å². The van der Waals surface area contributed by atoms with E-state index < -0.39 is 0 Å². The highest BCUT2D eigenvalue weighted by atomic mass is 15.0. The fourth-order valence-corrected chi connectivity index (χ4v) is 1.68. The van der Waals surface area contributed by atoms with Gasteiger partial charge in [0.25, 0.3) is 0 Å². The molecular formula is C13H23N3. The van der Waals surface area contributed by atoms with Crippen LogP contribution in [0.5, 0.6) is 0 Å². The van der Waals surface area contributed by atoms with Crippen LogP contribution in [0.3, 0.4) is 0 Å². The van der Waals surface area contributed by atoms with Gasteiger partial charge >= 0.3 is 0 Å². The summed E-state index contributed by atoms with van der Waals surface area (Å²) in [5.74, 6) is 1.00. The maximum Gasteiger partial charge on any atom is 0.126 e. The minimum absolute atomic E-state index is 0.920. The van der Waals surface area contributed by atoms with Gasteiger partial charge in [0.1, 0.15) is 5.82 Å². The van der Waals surface area contributed by atoms with Crippen LogP contribution in [0, 0.1) is 0 Å². The van der Waals surface area contributed by atoms with Crippen molar-refractivity contribution in [3.63, 3.8) is 0 Å². The SMILES string of the molecule is CCCc1cc(CNCC)cc(NCC)n1. The first-order valence-electron chi connectivity index (χ1n) is 6.24. The summed E-state index contributed by atoms with van der Waals surface area (Å²) in [5, 5.41) is 6.63. The molecule has 0 amide bonds. The fourth-order valence-electron chi connectivity index (χ4n) is 1.68. The van der Waals surface area contributed by atoms with Crippen LogP contribution in [0.25, 0.3) is 0 Å². The van der Waals surface area contributed by atoms with Crippen molar-refractivity contribution in [2.75, 3.05) is 18.4 Å². The fraction of sp³-hybridized carbons (Fsp3) is 0.615. The molecule has 3 heteroatoms. The van der Waals surface area contributed by atoms with Gasteiger partial charge in [0.2, 0.25) is 0 Å². The molecular weight excluding hydrogens is 198 g/mol. The number of rotatable bonds is 7. The number of nitrogens with zero attached hydrogens (tertiary/aromatic N) is 1. The molecule has 90 valence electrons. The summed E-state index contributed by atoms with van der Waals surface area (Å²) in [6.07, 6.45) is 2.20. The number of hydrogen-bond acceptors (Lipinski definition) is 3. The van der Waals surface area contributed by atoms with Crippen molar-refractivity contribution in [3.8, 4) is 0 Å². The predicted molar refractivity (Wildman–Crippen MR) is 69.8 cm³/mol. The topological polar surface area (TPSA) is 37.0 Å². The van der Waals surface area contributed by atoms with Crippen LogP contribution in [0.4, 0.5) is 5.82 Å². The second kappa shape index (κ2) is 7.23.